The highest BCUT2D eigenvalue weighted by atomic mass is 16.7. The zero-order chi connectivity index (χ0) is 16.4. The molecular formula is C18H24O5. The highest BCUT2D eigenvalue weighted by Gasteiger charge is 2.37. The average Bonchev–Trinajstić information content (AvgIpc) is 3.12. The molecule has 2 atom stereocenters. The predicted octanol–water partition coefficient (Wildman–Crippen LogP) is 3.29. The summed E-state index contributed by atoms with van der Waals surface area (Å²) in [6.07, 6.45) is 3.57. The van der Waals surface area contributed by atoms with Crippen molar-refractivity contribution in [3.63, 3.8) is 0 Å². The first-order chi connectivity index (χ1) is 11.0. The molecule has 0 aromatic heterocycles. The van der Waals surface area contributed by atoms with Crippen molar-refractivity contribution < 1.29 is 23.7 Å². The molecule has 0 bridgehead atoms. The Bertz CT molecular complexity index is 575. The van der Waals surface area contributed by atoms with Gasteiger partial charge in [-0.1, -0.05) is 24.3 Å². The van der Waals surface area contributed by atoms with Gasteiger partial charge in [0.2, 0.25) is 0 Å². The summed E-state index contributed by atoms with van der Waals surface area (Å²) in [4.78, 5) is 0. The van der Waals surface area contributed by atoms with Gasteiger partial charge < -0.3 is 23.7 Å². The monoisotopic (exact) mass is 320 g/mol. The molecule has 1 aromatic rings. The summed E-state index contributed by atoms with van der Waals surface area (Å²) in [5.74, 6) is 0.208. The van der Waals surface area contributed by atoms with Crippen LogP contribution in [0.5, 0.6) is 5.75 Å². The number of methoxy groups -OCH3 is 1. The molecule has 0 unspecified atom stereocenters. The normalized spacial score (nSPS) is 27.8. The van der Waals surface area contributed by atoms with Crippen LogP contribution in [0.4, 0.5) is 0 Å². The minimum atomic E-state index is -0.552. The van der Waals surface area contributed by atoms with E-state index in [9.17, 15) is 0 Å². The second-order valence-corrected chi connectivity index (χ2v) is 6.20. The average molecular weight is 320 g/mol. The Morgan fingerprint density at radius 2 is 1.91 bits per heavy atom. The van der Waals surface area contributed by atoms with Gasteiger partial charge in [-0.25, -0.2) is 0 Å². The molecule has 126 valence electrons. The smallest absolute Gasteiger partial charge is 0.188 e. The minimum absolute atomic E-state index is 0.00860. The molecule has 0 radical (unpaired) electrons. The summed E-state index contributed by atoms with van der Waals surface area (Å²) in [6.45, 7) is 7.05. The highest BCUT2D eigenvalue weighted by Crippen LogP contribution is 2.35. The number of benzene rings is 1. The molecule has 5 nitrogen and oxygen atoms in total. The van der Waals surface area contributed by atoms with Crippen molar-refractivity contribution in [2.45, 2.75) is 45.1 Å². The topological polar surface area (TPSA) is 46.2 Å². The van der Waals surface area contributed by atoms with E-state index in [1.807, 2.05) is 51.1 Å². The van der Waals surface area contributed by atoms with E-state index in [1.165, 1.54) is 0 Å². The molecule has 0 aliphatic carbocycles. The standard InChI is InChI=1S/C18H24O5/c1-12-14(23-18(2,3)22-12)9-8-13-6-5-7-15(19-4)16(13)17-20-10-11-21-17/h5-9,12,14,17H,10-11H2,1-4H3/b9-8-/t12-,14+/m1/s1. The van der Waals surface area contributed by atoms with Gasteiger partial charge in [0.25, 0.3) is 0 Å². The Hall–Kier alpha value is -1.40. The third-order valence-electron chi connectivity index (χ3n) is 3.99. The summed E-state index contributed by atoms with van der Waals surface area (Å²) < 4.78 is 28.5. The Morgan fingerprint density at radius 1 is 1.17 bits per heavy atom. The van der Waals surface area contributed by atoms with Crippen LogP contribution < -0.4 is 4.74 Å². The van der Waals surface area contributed by atoms with Crippen LogP contribution >= 0.6 is 0 Å². The van der Waals surface area contributed by atoms with Crippen LogP contribution in [-0.2, 0) is 18.9 Å². The molecular weight excluding hydrogens is 296 g/mol. The van der Waals surface area contributed by atoms with Crippen molar-refractivity contribution in [1.82, 2.24) is 0 Å². The van der Waals surface area contributed by atoms with Gasteiger partial charge >= 0.3 is 0 Å². The van der Waals surface area contributed by atoms with Crippen LogP contribution in [0.1, 0.15) is 38.2 Å². The second-order valence-electron chi connectivity index (χ2n) is 6.20. The maximum atomic E-state index is 5.90. The molecule has 1 aromatic carbocycles. The van der Waals surface area contributed by atoms with Gasteiger partial charge in [0.15, 0.2) is 12.1 Å². The zero-order valence-electron chi connectivity index (χ0n) is 14.1. The van der Waals surface area contributed by atoms with Crippen molar-refractivity contribution >= 4 is 6.08 Å². The van der Waals surface area contributed by atoms with Gasteiger partial charge in [-0.3, -0.25) is 0 Å². The zero-order valence-corrected chi connectivity index (χ0v) is 14.1. The summed E-state index contributed by atoms with van der Waals surface area (Å²) in [6, 6.07) is 5.89. The fraction of sp³-hybridized carbons (Fsp3) is 0.556. The highest BCUT2D eigenvalue weighted by molar-refractivity contribution is 5.59. The predicted molar refractivity (Wildman–Crippen MR) is 86.2 cm³/mol. The summed E-state index contributed by atoms with van der Waals surface area (Å²) in [7, 11) is 1.65. The second kappa shape index (κ2) is 6.61. The quantitative estimate of drug-likeness (QED) is 0.852. The Balaban J connectivity index is 1.86. The van der Waals surface area contributed by atoms with E-state index >= 15 is 0 Å². The van der Waals surface area contributed by atoms with Crippen molar-refractivity contribution in [1.29, 1.82) is 0 Å². The maximum Gasteiger partial charge on any atom is 0.188 e. The fourth-order valence-corrected chi connectivity index (χ4v) is 3.02. The molecule has 2 aliphatic heterocycles. The number of hydrogen-bond donors (Lipinski definition) is 0. The van der Waals surface area contributed by atoms with E-state index in [1.54, 1.807) is 7.11 Å². The number of ether oxygens (including phenoxy) is 5. The van der Waals surface area contributed by atoms with Crippen LogP contribution in [0.3, 0.4) is 0 Å². The molecule has 0 saturated carbocycles. The molecule has 2 saturated heterocycles. The lowest BCUT2D eigenvalue weighted by molar-refractivity contribution is -0.141. The van der Waals surface area contributed by atoms with Gasteiger partial charge in [0, 0.05) is 0 Å². The van der Waals surface area contributed by atoms with E-state index in [2.05, 4.69) is 0 Å². The van der Waals surface area contributed by atoms with Crippen LogP contribution in [0, 0.1) is 0 Å². The fourth-order valence-electron chi connectivity index (χ4n) is 3.02. The van der Waals surface area contributed by atoms with E-state index in [4.69, 9.17) is 23.7 Å². The van der Waals surface area contributed by atoms with Gasteiger partial charge in [-0.15, -0.1) is 0 Å². The Kier molecular flexibility index (Phi) is 4.73. The Labute approximate surface area is 137 Å². The molecule has 23 heavy (non-hydrogen) atoms. The molecule has 3 rings (SSSR count). The molecule has 0 amide bonds. The van der Waals surface area contributed by atoms with E-state index in [0.717, 1.165) is 16.9 Å². The van der Waals surface area contributed by atoms with E-state index < -0.39 is 5.79 Å². The largest absolute Gasteiger partial charge is 0.496 e. The van der Waals surface area contributed by atoms with Crippen LogP contribution in [-0.4, -0.2) is 38.3 Å². The van der Waals surface area contributed by atoms with Crippen molar-refractivity contribution in [3.8, 4) is 5.75 Å². The van der Waals surface area contributed by atoms with E-state index in [-0.39, 0.29) is 18.5 Å². The van der Waals surface area contributed by atoms with Gasteiger partial charge in [-0.05, 0) is 32.4 Å². The van der Waals surface area contributed by atoms with Crippen molar-refractivity contribution in [3.05, 3.63) is 35.4 Å². The van der Waals surface area contributed by atoms with Gasteiger partial charge in [0.05, 0.1) is 32.0 Å². The third kappa shape index (κ3) is 3.58. The first-order valence-electron chi connectivity index (χ1n) is 7.94. The third-order valence-corrected chi connectivity index (χ3v) is 3.99. The SMILES string of the molecule is COc1cccc(/C=C\[C@@H]2OC(C)(C)O[C@@H]2C)c1C1OCCO1. The van der Waals surface area contributed by atoms with Crippen molar-refractivity contribution in [2.75, 3.05) is 20.3 Å². The minimum Gasteiger partial charge on any atom is -0.496 e. The molecule has 5 heteroatoms. The molecule has 2 heterocycles. The maximum absolute atomic E-state index is 5.90. The summed E-state index contributed by atoms with van der Waals surface area (Å²) in [5.41, 5.74) is 1.91. The lowest BCUT2D eigenvalue weighted by Gasteiger charge is -2.17. The van der Waals surface area contributed by atoms with E-state index in [0.29, 0.717) is 13.2 Å². The summed E-state index contributed by atoms with van der Waals surface area (Å²) in [5, 5.41) is 0. The first-order valence-corrected chi connectivity index (χ1v) is 7.94. The number of rotatable bonds is 4. The lowest BCUT2D eigenvalue weighted by atomic mass is 10.0. The van der Waals surface area contributed by atoms with Crippen molar-refractivity contribution in [2.24, 2.45) is 0 Å². The van der Waals surface area contributed by atoms with Gasteiger partial charge in [-0.2, -0.15) is 0 Å². The molecule has 2 aliphatic rings. The first kappa shape index (κ1) is 16.5. The number of hydrogen-bond acceptors (Lipinski definition) is 5. The molecule has 2 fully saturated rings. The van der Waals surface area contributed by atoms with Gasteiger partial charge in [0.1, 0.15) is 11.9 Å². The van der Waals surface area contributed by atoms with Crippen LogP contribution in [0.25, 0.3) is 6.08 Å². The van der Waals surface area contributed by atoms with Crippen LogP contribution in [0.2, 0.25) is 0 Å². The Morgan fingerprint density at radius 3 is 2.52 bits per heavy atom. The molecule has 0 N–H and O–H groups in total. The lowest BCUT2D eigenvalue weighted by Crippen LogP contribution is -2.20. The molecule has 0 spiro atoms. The van der Waals surface area contributed by atoms with Crippen LogP contribution in [0.15, 0.2) is 24.3 Å². The summed E-state index contributed by atoms with van der Waals surface area (Å²) >= 11 is 0.